The molecule has 0 aliphatic carbocycles. The van der Waals surface area contributed by atoms with Crippen LogP contribution in [0.3, 0.4) is 0 Å². The van der Waals surface area contributed by atoms with Gasteiger partial charge in [-0.2, -0.15) is 0 Å². The van der Waals surface area contributed by atoms with Crippen LogP contribution in [0.2, 0.25) is 0 Å². The van der Waals surface area contributed by atoms with Gasteiger partial charge in [-0.3, -0.25) is 4.90 Å². The molecule has 1 aromatic carbocycles. The van der Waals surface area contributed by atoms with Crippen LogP contribution in [0.25, 0.3) is 0 Å². The van der Waals surface area contributed by atoms with Crippen LogP contribution >= 0.6 is 0 Å². The number of nitrogens with one attached hydrogen (secondary N) is 2. The summed E-state index contributed by atoms with van der Waals surface area (Å²) in [5.41, 5.74) is 1.23. The van der Waals surface area contributed by atoms with Gasteiger partial charge in [0.1, 0.15) is 5.75 Å². The molecule has 0 spiro atoms. The number of nitrogens with zero attached hydrogens (tertiary/aromatic N) is 2. The van der Waals surface area contributed by atoms with Crippen molar-refractivity contribution in [3.8, 4) is 5.75 Å². The maximum Gasteiger partial charge on any atom is 0.315 e. The van der Waals surface area contributed by atoms with Crippen LogP contribution in [0.5, 0.6) is 5.75 Å². The first-order valence-corrected chi connectivity index (χ1v) is 7.97. The summed E-state index contributed by atoms with van der Waals surface area (Å²) in [6.07, 6.45) is 1.66. The number of benzene rings is 1. The monoisotopic (exact) mass is 318 g/mol. The van der Waals surface area contributed by atoms with Crippen molar-refractivity contribution in [3.63, 3.8) is 0 Å². The number of methoxy groups -OCH3 is 1. The Bertz CT molecular complexity index is 496. The van der Waals surface area contributed by atoms with Gasteiger partial charge in [0.15, 0.2) is 0 Å². The van der Waals surface area contributed by atoms with Crippen molar-refractivity contribution in [2.45, 2.75) is 0 Å². The van der Waals surface area contributed by atoms with Crippen LogP contribution in [-0.2, 0) is 0 Å². The van der Waals surface area contributed by atoms with Gasteiger partial charge in [-0.25, -0.2) is 4.79 Å². The molecule has 1 heterocycles. The van der Waals surface area contributed by atoms with Gasteiger partial charge in [-0.05, 0) is 24.3 Å². The highest BCUT2D eigenvalue weighted by molar-refractivity contribution is 5.73. The molecular formula is C17H26N4O2. The van der Waals surface area contributed by atoms with Gasteiger partial charge in [-0.1, -0.05) is 6.08 Å². The molecular weight excluding hydrogens is 292 g/mol. The van der Waals surface area contributed by atoms with Gasteiger partial charge in [0, 0.05) is 51.5 Å². The summed E-state index contributed by atoms with van der Waals surface area (Å²) in [5, 5.41) is 5.56. The molecule has 1 saturated heterocycles. The molecule has 126 valence electrons. The van der Waals surface area contributed by atoms with Gasteiger partial charge >= 0.3 is 6.03 Å². The Labute approximate surface area is 138 Å². The van der Waals surface area contributed by atoms with Crippen molar-refractivity contribution in [2.24, 2.45) is 0 Å². The number of anilines is 1. The topological polar surface area (TPSA) is 56.8 Å². The normalized spacial score (nSPS) is 15.1. The Hall–Kier alpha value is -2.21. The summed E-state index contributed by atoms with van der Waals surface area (Å²) >= 11 is 0. The highest BCUT2D eigenvalue weighted by Gasteiger charge is 2.16. The van der Waals surface area contributed by atoms with Gasteiger partial charge in [0.05, 0.1) is 7.11 Å². The van der Waals surface area contributed by atoms with Crippen molar-refractivity contribution in [1.82, 2.24) is 15.5 Å². The van der Waals surface area contributed by atoms with Crippen LogP contribution in [0.4, 0.5) is 10.5 Å². The minimum atomic E-state index is -0.137. The van der Waals surface area contributed by atoms with E-state index in [2.05, 4.69) is 39.1 Å². The Kier molecular flexibility index (Phi) is 6.75. The molecule has 0 atom stereocenters. The second-order valence-corrected chi connectivity index (χ2v) is 5.45. The highest BCUT2D eigenvalue weighted by Crippen LogP contribution is 2.20. The van der Waals surface area contributed by atoms with Crippen molar-refractivity contribution < 1.29 is 9.53 Å². The number of rotatable bonds is 7. The molecule has 1 aliphatic rings. The largest absolute Gasteiger partial charge is 0.497 e. The molecule has 0 saturated carbocycles. The summed E-state index contributed by atoms with van der Waals surface area (Å²) in [7, 11) is 1.68. The number of ether oxygens (including phenoxy) is 1. The smallest absolute Gasteiger partial charge is 0.315 e. The van der Waals surface area contributed by atoms with E-state index < -0.39 is 0 Å². The zero-order valence-electron chi connectivity index (χ0n) is 13.8. The fraction of sp³-hybridized carbons (Fsp3) is 0.471. The third-order valence-corrected chi connectivity index (χ3v) is 3.93. The molecule has 1 aliphatic heterocycles. The molecule has 0 bridgehead atoms. The Balaban J connectivity index is 1.67. The lowest BCUT2D eigenvalue weighted by Crippen LogP contribution is -2.49. The molecule has 2 amide bonds. The lowest BCUT2D eigenvalue weighted by molar-refractivity contribution is 0.233. The molecule has 1 fully saturated rings. The number of hydrogen-bond acceptors (Lipinski definition) is 4. The van der Waals surface area contributed by atoms with Crippen molar-refractivity contribution in [2.75, 3.05) is 57.8 Å². The summed E-state index contributed by atoms with van der Waals surface area (Å²) in [6.45, 7) is 9.58. The van der Waals surface area contributed by atoms with Crippen LogP contribution in [0.15, 0.2) is 36.9 Å². The predicted molar refractivity (Wildman–Crippen MR) is 93.2 cm³/mol. The van der Waals surface area contributed by atoms with E-state index in [9.17, 15) is 4.79 Å². The van der Waals surface area contributed by atoms with Gasteiger partial charge in [-0.15, -0.1) is 6.58 Å². The second-order valence-electron chi connectivity index (χ2n) is 5.45. The summed E-state index contributed by atoms with van der Waals surface area (Å²) in [5.74, 6) is 0.883. The van der Waals surface area contributed by atoms with E-state index in [0.29, 0.717) is 13.1 Å². The Morgan fingerprint density at radius 2 is 1.91 bits per heavy atom. The summed E-state index contributed by atoms with van der Waals surface area (Å²) in [6, 6.07) is 8.04. The first kappa shape index (κ1) is 17.1. The molecule has 2 N–H and O–H groups in total. The lowest BCUT2D eigenvalue weighted by atomic mass is 10.2. The number of piperazine rings is 1. The van der Waals surface area contributed by atoms with Crippen LogP contribution in [0, 0.1) is 0 Å². The number of carbonyl (C=O) groups is 1. The first-order valence-electron chi connectivity index (χ1n) is 7.97. The quantitative estimate of drug-likeness (QED) is 0.744. The zero-order chi connectivity index (χ0) is 16.5. The molecule has 0 unspecified atom stereocenters. The van der Waals surface area contributed by atoms with Crippen LogP contribution in [0.1, 0.15) is 0 Å². The SMILES string of the molecule is C=CCNC(=O)NCCN1CCN(c2ccc(OC)cc2)CC1. The maximum atomic E-state index is 11.4. The third-order valence-electron chi connectivity index (χ3n) is 3.93. The molecule has 0 radical (unpaired) electrons. The van der Waals surface area contributed by atoms with Crippen molar-refractivity contribution >= 4 is 11.7 Å². The molecule has 23 heavy (non-hydrogen) atoms. The minimum absolute atomic E-state index is 0.137. The van der Waals surface area contributed by atoms with E-state index in [1.807, 2.05) is 12.1 Å². The predicted octanol–water partition coefficient (Wildman–Crippen LogP) is 1.30. The number of carbonyl (C=O) groups excluding carboxylic acids is 1. The minimum Gasteiger partial charge on any atom is -0.497 e. The third kappa shape index (κ3) is 5.49. The van der Waals surface area contributed by atoms with E-state index in [1.165, 1.54) is 5.69 Å². The summed E-state index contributed by atoms with van der Waals surface area (Å²) in [4.78, 5) is 16.2. The van der Waals surface area contributed by atoms with Crippen LogP contribution in [-0.4, -0.2) is 63.9 Å². The Morgan fingerprint density at radius 1 is 1.22 bits per heavy atom. The van der Waals surface area contributed by atoms with E-state index in [0.717, 1.165) is 38.5 Å². The fourth-order valence-electron chi connectivity index (χ4n) is 2.58. The average molecular weight is 318 g/mol. The molecule has 0 aromatic heterocycles. The van der Waals surface area contributed by atoms with E-state index >= 15 is 0 Å². The number of hydrogen-bond donors (Lipinski definition) is 2. The van der Waals surface area contributed by atoms with Gasteiger partial charge < -0.3 is 20.3 Å². The van der Waals surface area contributed by atoms with E-state index in [4.69, 9.17) is 4.74 Å². The standard InChI is InChI=1S/C17H26N4O2/c1-3-8-18-17(22)19-9-10-20-11-13-21(14-12-20)15-4-6-16(23-2)7-5-15/h3-7H,1,8-14H2,2H3,(H2,18,19,22). The summed E-state index contributed by atoms with van der Waals surface area (Å²) < 4.78 is 5.19. The fourth-order valence-corrected chi connectivity index (χ4v) is 2.58. The van der Waals surface area contributed by atoms with Crippen molar-refractivity contribution in [3.05, 3.63) is 36.9 Å². The average Bonchev–Trinajstić information content (AvgIpc) is 2.60. The van der Waals surface area contributed by atoms with Crippen LogP contribution < -0.4 is 20.3 Å². The lowest BCUT2D eigenvalue weighted by Gasteiger charge is -2.36. The van der Waals surface area contributed by atoms with Gasteiger partial charge in [0.25, 0.3) is 0 Å². The van der Waals surface area contributed by atoms with Crippen molar-refractivity contribution in [1.29, 1.82) is 0 Å². The zero-order valence-corrected chi connectivity index (χ0v) is 13.8. The maximum absolute atomic E-state index is 11.4. The highest BCUT2D eigenvalue weighted by atomic mass is 16.5. The van der Waals surface area contributed by atoms with E-state index in [-0.39, 0.29) is 6.03 Å². The second kappa shape index (κ2) is 9.05. The first-order chi connectivity index (χ1) is 11.2. The molecule has 6 heteroatoms. The van der Waals surface area contributed by atoms with E-state index in [1.54, 1.807) is 13.2 Å². The Morgan fingerprint density at radius 3 is 2.52 bits per heavy atom. The number of urea groups is 1. The molecule has 1 aromatic rings. The number of amides is 2. The molecule has 2 rings (SSSR count). The van der Waals surface area contributed by atoms with Gasteiger partial charge in [0.2, 0.25) is 0 Å². The molecule has 6 nitrogen and oxygen atoms in total.